The van der Waals surface area contributed by atoms with E-state index in [0.29, 0.717) is 17.1 Å². The summed E-state index contributed by atoms with van der Waals surface area (Å²) in [5.41, 5.74) is 1.90. The second-order valence-electron chi connectivity index (χ2n) is 7.27. The van der Waals surface area contributed by atoms with Gasteiger partial charge in [0.15, 0.2) is 6.10 Å². The zero-order valence-corrected chi connectivity index (χ0v) is 19.2. The minimum atomic E-state index is -3.96. The van der Waals surface area contributed by atoms with E-state index in [0.717, 1.165) is 5.56 Å². The molecular formula is C24H24N2O6S. The molecule has 0 fully saturated rings. The van der Waals surface area contributed by atoms with Crippen molar-refractivity contribution in [3.8, 4) is 5.75 Å². The van der Waals surface area contributed by atoms with E-state index in [2.05, 4.69) is 10.0 Å². The van der Waals surface area contributed by atoms with Gasteiger partial charge >= 0.3 is 5.97 Å². The van der Waals surface area contributed by atoms with Gasteiger partial charge in [-0.2, -0.15) is 0 Å². The van der Waals surface area contributed by atoms with Crippen LogP contribution in [0.1, 0.15) is 22.8 Å². The van der Waals surface area contributed by atoms with Crippen LogP contribution < -0.4 is 14.8 Å². The second-order valence-corrected chi connectivity index (χ2v) is 8.95. The van der Waals surface area contributed by atoms with Crippen molar-refractivity contribution in [1.29, 1.82) is 0 Å². The largest absolute Gasteiger partial charge is 0.497 e. The zero-order valence-electron chi connectivity index (χ0n) is 18.4. The maximum atomic E-state index is 12.7. The number of sulfonamides is 1. The first kappa shape index (κ1) is 23.8. The molecule has 2 N–H and O–H groups in total. The number of carbonyl (C=O) groups is 2. The van der Waals surface area contributed by atoms with Crippen molar-refractivity contribution < 1.29 is 27.5 Å². The Balaban J connectivity index is 1.68. The van der Waals surface area contributed by atoms with Crippen molar-refractivity contribution in [3.05, 3.63) is 83.9 Å². The lowest BCUT2D eigenvalue weighted by Gasteiger charge is -2.14. The first-order chi connectivity index (χ1) is 15.7. The quantitative estimate of drug-likeness (QED) is 0.484. The lowest BCUT2D eigenvalue weighted by Crippen LogP contribution is -2.30. The molecular weight excluding hydrogens is 444 g/mol. The third-order valence-electron chi connectivity index (χ3n) is 4.66. The average Bonchev–Trinajstić information content (AvgIpc) is 2.79. The Hall–Kier alpha value is -3.85. The molecule has 0 saturated heterocycles. The fourth-order valence-corrected chi connectivity index (χ4v) is 4.02. The number of amides is 1. The van der Waals surface area contributed by atoms with E-state index in [9.17, 15) is 18.0 Å². The number of anilines is 2. The Bertz CT molecular complexity index is 1260. The third-order valence-corrected chi connectivity index (χ3v) is 6.04. The fourth-order valence-electron chi connectivity index (χ4n) is 2.91. The molecule has 8 nitrogen and oxygen atoms in total. The number of benzene rings is 3. The molecule has 0 aromatic heterocycles. The van der Waals surface area contributed by atoms with Crippen LogP contribution in [0.3, 0.4) is 0 Å². The molecule has 0 spiro atoms. The maximum Gasteiger partial charge on any atom is 0.338 e. The topological polar surface area (TPSA) is 111 Å². The van der Waals surface area contributed by atoms with Gasteiger partial charge < -0.3 is 14.8 Å². The summed E-state index contributed by atoms with van der Waals surface area (Å²) in [5, 5.41) is 2.68. The minimum Gasteiger partial charge on any atom is -0.497 e. The van der Waals surface area contributed by atoms with Crippen molar-refractivity contribution in [2.45, 2.75) is 24.8 Å². The molecule has 0 aliphatic carbocycles. The lowest BCUT2D eigenvalue weighted by atomic mass is 10.2. The Morgan fingerprint density at radius 1 is 0.909 bits per heavy atom. The van der Waals surface area contributed by atoms with Crippen LogP contribution in [0, 0.1) is 6.92 Å². The van der Waals surface area contributed by atoms with Crippen molar-refractivity contribution in [1.82, 2.24) is 0 Å². The van der Waals surface area contributed by atoms with E-state index in [1.54, 1.807) is 42.5 Å². The molecule has 0 heterocycles. The predicted molar refractivity (Wildman–Crippen MR) is 125 cm³/mol. The third kappa shape index (κ3) is 6.33. The van der Waals surface area contributed by atoms with E-state index >= 15 is 0 Å². The highest BCUT2D eigenvalue weighted by Gasteiger charge is 2.21. The number of hydrogen-bond acceptors (Lipinski definition) is 6. The lowest BCUT2D eigenvalue weighted by molar-refractivity contribution is -0.123. The van der Waals surface area contributed by atoms with Crippen LogP contribution in [0.4, 0.5) is 11.4 Å². The molecule has 172 valence electrons. The van der Waals surface area contributed by atoms with Crippen LogP contribution in [0.15, 0.2) is 77.7 Å². The van der Waals surface area contributed by atoms with Crippen LogP contribution in [-0.2, 0) is 19.6 Å². The molecule has 0 unspecified atom stereocenters. The molecule has 0 radical (unpaired) electrons. The Morgan fingerprint density at radius 2 is 1.61 bits per heavy atom. The van der Waals surface area contributed by atoms with Gasteiger partial charge in [0.1, 0.15) is 5.75 Å². The molecule has 1 atom stereocenters. The number of rotatable bonds is 8. The summed E-state index contributed by atoms with van der Waals surface area (Å²) in [6.45, 7) is 3.33. The molecule has 0 saturated carbocycles. The van der Waals surface area contributed by atoms with Gasteiger partial charge in [0.2, 0.25) is 0 Å². The monoisotopic (exact) mass is 468 g/mol. The van der Waals surface area contributed by atoms with Gasteiger partial charge in [-0.15, -0.1) is 0 Å². The summed E-state index contributed by atoms with van der Waals surface area (Å²) in [6.07, 6.45) is -1.09. The van der Waals surface area contributed by atoms with Gasteiger partial charge in [0, 0.05) is 11.4 Å². The van der Waals surface area contributed by atoms with Crippen molar-refractivity contribution in [3.63, 3.8) is 0 Å². The standard InChI is InChI=1S/C24H24N2O6S/c1-16-6-4-8-20(14-16)25-23(27)17(2)32-24(28)18-7-5-9-22(15-18)33(29,30)26-19-10-12-21(31-3)13-11-19/h4-15,17,26H,1-3H3,(H,25,27)/t17-/m0/s1. The van der Waals surface area contributed by atoms with E-state index in [4.69, 9.17) is 9.47 Å². The fraction of sp³-hybridized carbons (Fsp3) is 0.167. The van der Waals surface area contributed by atoms with Gasteiger partial charge in [0.25, 0.3) is 15.9 Å². The van der Waals surface area contributed by atoms with E-state index in [-0.39, 0.29) is 10.5 Å². The maximum absolute atomic E-state index is 12.7. The Morgan fingerprint density at radius 3 is 2.27 bits per heavy atom. The van der Waals surface area contributed by atoms with Gasteiger partial charge in [-0.3, -0.25) is 9.52 Å². The van der Waals surface area contributed by atoms with Crippen LogP contribution in [0.5, 0.6) is 5.75 Å². The van der Waals surface area contributed by atoms with Crippen LogP contribution >= 0.6 is 0 Å². The molecule has 3 aromatic carbocycles. The van der Waals surface area contributed by atoms with Gasteiger partial charge in [-0.25, -0.2) is 13.2 Å². The summed E-state index contributed by atoms with van der Waals surface area (Å²) in [5.74, 6) is -0.731. The number of hydrogen-bond donors (Lipinski definition) is 2. The van der Waals surface area contributed by atoms with E-state index < -0.39 is 28.0 Å². The van der Waals surface area contributed by atoms with E-state index in [1.165, 1.54) is 38.3 Å². The Kier molecular flexibility index (Phi) is 7.34. The van der Waals surface area contributed by atoms with Crippen LogP contribution in [-0.4, -0.2) is 33.5 Å². The summed E-state index contributed by atoms with van der Waals surface area (Å²) in [7, 11) is -2.45. The second kappa shape index (κ2) is 10.2. The van der Waals surface area contributed by atoms with Crippen molar-refractivity contribution in [2.75, 3.05) is 17.1 Å². The minimum absolute atomic E-state index is 0.00260. The summed E-state index contributed by atoms with van der Waals surface area (Å²) >= 11 is 0. The number of methoxy groups -OCH3 is 1. The van der Waals surface area contributed by atoms with Crippen molar-refractivity contribution in [2.24, 2.45) is 0 Å². The summed E-state index contributed by atoms with van der Waals surface area (Å²) in [6, 6.07) is 19.0. The van der Waals surface area contributed by atoms with Gasteiger partial charge in [-0.1, -0.05) is 18.2 Å². The van der Waals surface area contributed by atoms with Gasteiger partial charge in [-0.05, 0) is 74.0 Å². The zero-order chi connectivity index (χ0) is 24.0. The average molecular weight is 469 g/mol. The summed E-state index contributed by atoms with van der Waals surface area (Å²) in [4.78, 5) is 24.8. The van der Waals surface area contributed by atoms with Crippen molar-refractivity contribution >= 4 is 33.3 Å². The number of ether oxygens (including phenoxy) is 2. The highest BCUT2D eigenvalue weighted by Crippen LogP contribution is 2.20. The predicted octanol–water partition coefficient (Wildman–Crippen LogP) is 3.99. The number of esters is 1. The molecule has 1 amide bonds. The summed E-state index contributed by atoms with van der Waals surface area (Å²) < 4.78 is 38.2. The van der Waals surface area contributed by atoms with Gasteiger partial charge in [0.05, 0.1) is 17.6 Å². The molecule has 33 heavy (non-hydrogen) atoms. The number of nitrogens with one attached hydrogen (secondary N) is 2. The SMILES string of the molecule is COc1ccc(NS(=O)(=O)c2cccc(C(=O)O[C@@H](C)C(=O)Nc3cccc(C)c3)c2)cc1. The number of carbonyl (C=O) groups excluding carboxylic acids is 2. The molecule has 9 heteroatoms. The molecule has 0 bridgehead atoms. The first-order valence-electron chi connectivity index (χ1n) is 10.0. The molecule has 3 aromatic rings. The van der Waals surface area contributed by atoms with Crippen LogP contribution in [0.25, 0.3) is 0 Å². The van der Waals surface area contributed by atoms with E-state index in [1.807, 2.05) is 13.0 Å². The molecule has 0 aliphatic rings. The Labute approximate surface area is 192 Å². The van der Waals surface area contributed by atoms with Crippen LogP contribution in [0.2, 0.25) is 0 Å². The first-order valence-corrected chi connectivity index (χ1v) is 11.5. The molecule has 0 aliphatic heterocycles. The number of aryl methyl sites for hydroxylation is 1. The normalized spacial score (nSPS) is 11.8. The highest BCUT2D eigenvalue weighted by molar-refractivity contribution is 7.92. The molecule has 3 rings (SSSR count). The highest BCUT2D eigenvalue weighted by atomic mass is 32.2. The smallest absolute Gasteiger partial charge is 0.338 e.